The Morgan fingerprint density at radius 2 is 1.88 bits per heavy atom. The number of amides is 1. The van der Waals surface area contributed by atoms with Gasteiger partial charge >= 0.3 is 0 Å². The Bertz CT molecular complexity index is 1010. The molecule has 0 bridgehead atoms. The molecule has 1 aromatic carbocycles. The molecule has 25 heavy (non-hydrogen) atoms. The molecule has 2 heterocycles. The molecule has 1 N–H and O–H groups in total. The Hall–Kier alpha value is -2.59. The Kier molecular flexibility index (Phi) is 4.64. The summed E-state index contributed by atoms with van der Waals surface area (Å²) in [6, 6.07) is 6.99. The number of tetrazole rings is 1. The molecule has 0 aliphatic heterocycles. The Balaban J connectivity index is 2.09. The predicted octanol–water partition coefficient (Wildman–Crippen LogP) is 1.64. The summed E-state index contributed by atoms with van der Waals surface area (Å²) in [5.41, 5.74) is 0.243. The van der Waals surface area contributed by atoms with Crippen molar-refractivity contribution in [1.29, 1.82) is 0 Å². The number of aryl methyl sites for hydroxylation is 2. The minimum absolute atomic E-state index is 0.0435. The van der Waals surface area contributed by atoms with Crippen molar-refractivity contribution < 1.29 is 4.79 Å². The summed E-state index contributed by atoms with van der Waals surface area (Å²) in [6.07, 6.45) is 0. The first-order valence-corrected chi connectivity index (χ1v) is 8.12. The summed E-state index contributed by atoms with van der Waals surface area (Å²) in [5.74, 6) is -0.501. The summed E-state index contributed by atoms with van der Waals surface area (Å²) in [4.78, 5) is 25.0. The number of aromatic nitrogens is 6. The van der Waals surface area contributed by atoms with Gasteiger partial charge in [0.25, 0.3) is 11.5 Å². The van der Waals surface area contributed by atoms with Crippen LogP contribution in [0.4, 0.5) is 5.95 Å². The van der Waals surface area contributed by atoms with Gasteiger partial charge in [0, 0.05) is 18.6 Å². The van der Waals surface area contributed by atoms with Gasteiger partial charge in [0.2, 0.25) is 5.95 Å². The van der Waals surface area contributed by atoms with Crippen LogP contribution in [-0.2, 0) is 14.1 Å². The van der Waals surface area contributed by atoms with Gasteiger partial charge in [-0.05, 0) is 28.1 Å². The number of nitrogens with zero attached hydrogens (tertiary/aromatic N) is 6. The van der Waals surface area contributed by atoms with Crippen LogP contribution in [0.15, 0.2) is 33.5 Å². The van der Waals surface area contributed by atoms with Crippen molar-refractivity contribution >= 4 is 39.4 Å². The van der Waals surface area contributed by atoms with E-state index in [4.69, 9.17) is 11.6 Å². The lowest BCUT2D eigenvalue weighted by Crippen LogP contribution is -2.27. The van der Waals surface area contributed by atoms with E-state index in [0.29, 0.717) is 5.56 Å². The fourth-order valence-electron chi connectivity index (χ4n) is 2.12. The Morgan fingerprint density at radius 3 is 2.48 bits per heavy atom. The van der Waals surface area contributed by atoms with Crippen LogP contribution < -0.4 is 10.9 Å². The SMILES string of the molecule is Cn1nnnc1NC(=O)c1nn(C)c(=O)c(-c2ccc(Br)cc2)c1Cl. The molecule has 0 aliphatic rings. The molecule has 0 fully saturated rings. The second kappa shape index (κ2) is 6.73. The lowest BCUT2D eigenvalue weighted by atomic mass is 10.1. The number of carbonyl (C=O) groups excluding carboxylic acids is 1. The van der Waals surface area contributed by atoms with Crippen molar-refractivity contribution in [2.75, 3.05) is 5.32 Å². The minimum atomic E-state index is -0.628. The molecule has 128 valence electrons. The topological polar surface area (TPSA) is 108 Å². The molecular weight excluding hydrogens is 414 g/mol. The zero-order valence-corrected chi connectivity index (χ0v) is 15.4. The molecule has 0 aliphatic carbocycles. The standard InChI is InChI=1S/C14H11BrClN7O2/c1-22-13(25)9(7-3-5-8(15)6-4-7)10(16)11(19-22)12(24)17-14-18-20-21-23(14)2/h3-6H,1-2H3,(H,17,18,21,24). The molecule has 0 saturated carbocycles. The average molecular weight is 425 g/mol. The molecule has 0 saturated heterocycles. The summed E-state index contributed by atoms with van der Waals surface area (Å²) < 4.78 is 3.20. The third-order valence-electron chi connectivity index (χ3n) is 3.38. The van der Waals surface area contributed by atoms with E-state index in [1.807, 2.05) is 0 Å². The number of hydrogen-bond acceptors (Lipinski definition) is 6. The van der Waals surface area contributed by atoms with Gasteiger partial charge in [-0.3, -0.25) is 14.9 Å². The number of halogens is 2. The highest BCUT2D eigenvalue weighted by atomic mass is 79.9. The molecule has 0 spiro atoms. The highest BCUT2D eigenvalue weighted by Crippen LogP contribution is 2.28. The molecule has 11 heteroatoms. The quantitative estimate of drug-likeness (QED) is 0.685. The van der Waals surface area contributed by atoms with Gasteiger partial charge in [-0.1, -0.05) is 44.8 Å². The molecule has 0 radical (unpaired) electrons. The molecule has 2 aromatic heterocycles. The first-order valence-electron chi connectivity index (χ1n) is 6.95. The van der Waals surface area contributed by atoms with Crippen molar-refractivity contribution in [3.8, 4) is 11.1 Å². The maximum atomic E-state index is 12.5. The lowest BCUT2D eigenvalue weighted by Gasteiger charge is -2.11. The third kappa shape index (κ3) is 3.30. The van der Waals surface area contributed by atoms with Crippen LogP contribution in [0.5, 0.6) is 0 Å². The van der Waals surface area contributed by atoms with E-state index in [0.717, 1.165) is 9.15 Å². The second-order valence-electron chi connectivity index (χ2n) is 5.05. The largest absolute Gasteiger partial charge is 0.288 e. The maximum absolute atomic E-state index is 12.5. The van der Waals surface area contributed by atoms with Gasteiger partial charge in [-0.25, -0.2) is 9.36 Å². The fraction of sp³-hybridized carbons (Fsp3) is 0.143. The van der Waals surface area contributed by atoms with Gasteiger partial charge in [0.15, 0.2) is 5.69 Å². The second-order valence-corrected chi connectivity index (χ2v) is 6.35. The van der Waals surface area contributed by atoms with Crippen LogP contribution in [0.2, 0.25) is 5.02 Å². The summed E-state index contributed by atoms with van der Waals surface area (Å²) in [7, 11) is 3.01. The third-order valence-corrected chi connectivity index (χ3v) is 4.28. The monoisotopic (exact) mass is 423 g/mol. The molecule has 0 unspecified atom stereocenters. The Morgan fingerprint density at radius 1 is 1.20 bits per heavy atom. The molecule has 1 amide bonds. The lowest BCUT2D eigenvalue weighted by molar-refractivity contribution is 0.101. The summed E-state index contributed by atoms with van der Waals surface area (Å²) in [6.45, 7) is 0. The number of anilines is 1. The van der Waals surface area contributed by atoms with Gasteiger partial charge < -0.3 is 0 Å². The highest BCUT2D eigenvalue weighted by Gasteiger charge is 2.22. The number of carbonyl (C=O) groups is 1. The van der Waals surface area contributed by atoms with Crippen molar-refractivity contribution in [1.82, 2.24) is 30.0 Å². The first kappa shape index (κ1) is 17.2. The van der Waals surface area contributed by atoms with E-state index in [2.05, 4.69) is 41.9 Å². The van der Waals surface area contributed by atoms with Crippen molar-refractivity contribution in [3.63, 3.8) is 0 Å². The van der Waals surface area contributed by atoms with Gasteiger partial charge in [0.1, 0.15) is 0 Å². The summed E-state index contributed by atoms with van der Waals surface area (Å²) >= 11 is 9.66. The predicted molar refractivity (Wildman–Crippen MR) is 94.4 cm³/mol. The normalized spacial score (nSPS) is 10.7. The van der Waals surface area contributed by atoms with Crippen molar-refractivity contribution in [3.05, 3.63) is 49.8 Å². The van der Waals surface area contributed by atoms with Crippen LogP contribution in [0.3, 0.4) is 0 Å². The average Bonchev–Trinajstić information content (AvgIpc) is 2.97. The zero-order chi connectivity index (χ0) is 18.1. The van der Waals surface area contributed by atoms with Crippen LogP contribution >= 0.6 is 27.5 Å². The maximum Gasteiger partial charge on any atom is 0.280 e. The molecule has 3 rings (SSSR count). The van der Waals surface area contributed by atoms with E-state index < -0.39 is 11.5 Å². The van der Waals surface area contributed by atoms with E-state index in [9.17, 15) is 9.59 Å². The molecular formula is C14H11BrClN7O2. The smallest absolute Gasteiger partial charge is 0.280 e. The molecule has 9 nitrogen and oxygen atoms in total. The van der Waals surface area contributed by atoms with E-state index >= 15 is 0 Å². The number of nitrogens with one attached hydrogen (secondary N) is 1. The van der Waals surface area contributed by atoms with Gasteiger partial charge in [-0.15, -0.1) is 0 Å². The van der Waals surface area contributed by atoms with Gasteiger partial charge in [0.05, 0.1) is 10.6 Å². The van der Waals surface area contributed by atoms with Gasteiger partial charge in [-0.2, -0.15) is 5.10 Å². The van der Waals surface area contributed by atoms with Crippen molar-refractivity contribution in [2.24, 2.45) is 14.1 Å². The van der Waals surface area contributed by atoms with E-state index in [1.54, 1.807) is 31.3 Å². The minimum Gasteiger partial charge on any atom is -0.288 e. The van der Waals surface area contributed by atoms with Crippen LogP contribution in [0, 0.1) is 0 Å². The van der Waals surface area contributed by atoms with E-state index in [-0.39, 0.29) is 22.2 Å². The van der Waals surface area contributed by atoms with Crippen LogP contribution in [0.25, 0.3) is 11.1 Å². The van der Waals surface area contributed by atoms with E-state index in [1.165, 1.54) is 11.7 Å². The Labute approximate surface area is 154 Å². The number of hydrogen-bond donors (Lipinski definition) is 1. The number of rotatable bonds is 3. The zero-order valence-electron chi connectivity index (χ0n) is 13.1. The summed E-state index contributed by atoms with van der Waals surface area (Å²) in [5, 5.41) is 17.1. The van der Waals surface area contributed by atoms with Crippen LogP contribution in [-0.4, -0.2) is 35.9 Å². The number of benzene rings is 1. The van der Waals surface area contributed by atoms with Crippen molar-refractivity contribution in [2.45, 2.75) is 0 Å². The fourth-order valence-corrected chi connectivity index (χ4v) is 2.70. The first-order chi connectivity index (χ1) is 11.9. The van der Waals surface area contributed by atoms with Crippen LogP contribution in [0.1, 0.15) is 10.5 Å². The highest BCUT2D eigenvalue weighted by molar-refractivity contribution is 9.10. The molecule has 3 aromatic rings. The molecule has 0 atom stereocenters.